The van der Waals surface area contributed by atoms with Gasteiger partial charge in [-0.05, 0) is 23.6 Å². The van der Waals surface area contributed by atoms with Gasteiger partial charge in [0.1, 0.15) is 12.0 Å². The number of hydrogen-bond acceptors (Lipinski definition) is 3. The third-order valence-corrected chi connectivity index (χ3v) is 2.16. The lowest BCUT2D eigenvalue weighted by atomic mass is 10.0. The lowest BCUT2D eigenvalue weighted by Gasteiger charge is -2.10. The van der Waals surface area contributed by atoms with E-state index in [0.29, 0.717) is 18.3 Å². The number of alkyl halides is 2. The fourth-order valence-corrected chi connectivity index (χ4v) is 1.45. The highest BCUT2D eigenvalue weighted by molar-refractivity contribution is 5.51. The second kappa shape index (κ2) is 6.59. The molecule has 0 radical (unpaired) electrons. The Morgan fingerprint density at radius 1 is 1.47 bits per heavy atom. The van der Waals surface area contributed by atoms with Crippen molar-refractivity contribution < 1.29 is 18.3 Å². The van der Waals surface area contributed by atoms with Gasteiger partial charge in [0, 0.05) is 6.42 Å². The molecule has 0 bridgehead atoms. The van der Waals surface area contributed by atoms with Crippen LogP contribution < -0.4 is 4.74 Å². The molecular weight excluding hydrogens is 228 g/mol. The summed E-state index contributed by atoms with van der Waals surface area (Å²) in [5.41, 5.74) is 1.24. The summed E-state index contributed by atoms with van der Waals surface area (Å²) in [6, 6.07) is 6.55. The molecule has 1 aromatic rings. The lowest BCUT2D eigenvalue weighted by Crippen LogP contribution is -2.05. The molecule has 0 aliphatic carbocycles. The predicted molar refractivity (Wildman–Crippen MR) is 56.8 cm³/mol. The van der Waals surface area contributed by atoms with E-state index in [1.54, 1.807) is 12.1 Å². The van der Waals surface area contributed by atoms with Crippen molar-refractivity contribution in [1.82, 2.24) is 0 Å². The summed E-state index contributed by atoms with van der Waals surface area (Å²) in [6.07, 6.45) is 1.46. The number of benzene rings is 1. The summed E-state index contributed by atoms with van der Waals surface area (Å²) >= 11 is 0. The molecule has 0 fully saturated rings. The molecule has 0 aliphatic heterocycles. The van der Waals surface area contributed by atoms with Crippen molar-refractivity contribution in [2.45, 2.75) is 25.9 Å². The summed E-state index contributed by atoms with van der Waals surface area (Å²) in [6.45, 7) is -2.90. The minimum atomic E-state index is -2.90. The number of rotatable bonds is 6. The van der Waals surface area contributed by atoms with E-state index >= 15 is 0 Å². The molecule has 0 spiro atoms. The minimum absolute atomic E-state index is 0.0588. The topological polar surface area (TPSA) is 50.1 Å². The normalized spacial score (nSPS) is 10.0. The van der Waals surface area contributed by atoms with Crippen LogP contribution in [0, 0.1) is 11.3 Å². The zero-order valence-corrected chi connectivity index (χ0v) is 9.03. The van der Waals surface area contributed by atoms with E-state index in [2.05, 4.69) is 4.74 Å². The van der Waals surface area contributed by atoms with Gasteiger partial charge >= 0.3 is 6.61 Å². The van der Waals surface area contributed by atoms with E-state index in [9.17, 15) is 13.6 Å². The van der Waals surface area contributed by atoms with Crippen LogP contribution in [0.25, 0.3) is 0 Å². The number of aryl methyl sites for hydroxylation is 1. The van der Waals surface area contributed by atoms with Gasteiger partial charge in [-0.15, -0.1) is 0 Å². The van der Waals surface area contributed by atoms with Crippen molar-refractivity contribution in [3.05, 3.63) is 29.3 Å². The van der Waals surface area contributed by atoms with Crippen LogP contribution in [0.15, 0.2) is 18.2 Å². The second-order valence-electron chi connectivity index (χ2n) is 3.36. The highest BCUT2D eigenvalue weighted by Gasteiger charge is 2.10. The summed E-state index contributed by atoms with van der Waals surface area (Å²) < 4.78 is 28.6. The van der Waals surface area contributed by atoms with Crippen LogP contribution in [-0.4, -0.2) is 12.9 Å². The average Bonchev–Trinajstić information content (AvgIpc) is 2.29. The molecule has 0 saturated heterocycles. The zero-order valence-electron chi connectivity index (χ0n) is 9.03. The zero-order chi connectivity index (χ0) is 12.7. The van der Waals surface area contributed by atoms with Crippen molar-refractivity contribution in [3.63, 3.8) is 0 Å². The van der Waals surface area contributed by atoms with Gasteiger partial charge in [-0.1, -0.05) is 12.1 Å². The molecule has 0 aromatic heterocycles. The van der Waals surface area contributed by atoms with Crippen LogP contribution in [0.2, 0.25) is 0 Å². The Labute approximate surface area is 97.6 Å². The van der Waals surface area contributed by atoms with Crippen molar-refractivity contribution >= 4 is 6.29 Å². The number of aldehydes is 1. The van der Waals surface area contributed by atoms with Gasteiger partial charge in [-0.25, -0.2) is 0 Å². The Morgan fingerprint density at radius 3 is 2.82 bits per heavy atom. The molecular formula is C12H11F2NO2. The SMILES string of the molecule is N#CCc1ccc(OC(F)F)c(CCC=O)c1. The molecule has 0 unspecified atom stereocenters. The van der Waals surface area contributed by atoms with Crippen molar-refractivity contribution in [2.24, 2.45) is 0 Å². The molecule has 1 rings (SSSR count). The summed E-state index contributed by atoms with van der Waals surface area (Å²) in [4.78, 5) is 10.3. The maximum atomic E-state index is 12.1. The van der Waals surface area contributed by atoms with Crippen LogP contribution in [0.3, 0.4) is 0 Å². The van der Waals surface area contributed by atoms with Gasteiger partial charge in [0.05, 0.1) is 12.5 Å². The smallest absolute Gasteiger partial charge is 0.387 e. The van der Waals surface area contributed by atoms with E-state index in [1.807, 2.05) is 6.07 Å². The fourth-order valence-electron chi connectivity index (χ4n) is 1.45. The standard InChI is InChI=1S/C12H11F2NO2/c13-12(14)17-11-4-3-9(5-6-15)8-10(11)2-1-7-16/h3-4,7-8,12H,1-2,5H2. The number of nitrogens with zero attached hydrogens (tertiary/aromatic N) is 1. The average molecular weight is 239 g/mol. The molecule has 0 heterocycles. The van der Waals surface area contributed by atoms with E-state index in [0.717, 1.165) is 5.56 Å². The number of nitriles is 1. The maximum absolute atomic E-state index is 12.1. The highest BCUT2D eigenvalue weighted by atomic mass is 19.3. The number of ether oxygens (including phenoxy) is 1. The summed E-state index contributed by atoms with van der Waals surface area (Å²) in [7, 11) is 0. The Balaban J connectivity index is 2.94. The van der Waals surface area contributed by atoms with Gasteiger partial charge < -0.3 is 9.53 Å². The Bertz CT molecular complexity index is 427. The van der Waals surface area contributed by atoms with Crippen LogP contribution in [0.4, 0.5) is 8.78 Å². The van der Waals surface area contributed by atoms with E-state index in [4.69, 9.17) is 5.26 Å². The molecule has 90 valence electrons. The van der Waals surface area contributed by atoms with E-state index in [-0.39, 0.29) is 18.6 Å². The van der Waals surface area contributed by atoms with Crippen molar-refractivity contribution in [2.75, 3.05) is 0 Å². The first kappa shape index (κ1) is 13.1. The van der Waals surface area contributed by atoms with Crippen molar-refractivity contribution in [3.8, 4) is 11.8 Å². The Hall–Kier alpha value is -1.96. The summed E-state index contributed by atoms with van der Waals surface area (Å²) in [5.74, 6) is 0.0588. The van der Waals surface area contributed by atoms with Crippen LogP contribution in [0.5, 0.6) is 5.75 Å². The molecule has 5 heteroatoms. The first-order valence-corrected chi connectivity index (χ1v) is 5.04. The van der Waals surface area contributed by atoms with Gasteiger partial charge in [0.25, 0.3) is 0 Å². The molecule has 3 nitrogen and oxygen atoms in total. The second-order valence-corrected chi connectivity index (χ2v) is 3.36. The van der Waals surface area contributed by atoms with Gasteiger partial charge in [0.15, 0.2) is 0 Å². The van der Waals surface area contributed by atoms with Gasteiger partial charge in [0.2, 0.25) is 0 Å². The largest absolute Gasteiger partial charge is 0.435 e. The van der Waals surface area contributed by atoms with Crippen LogP contribution in [0.1, 0.15) is 17.5 Å². The quantitative estimate of drug-likeness (QED) is 0.716. The molecule has 17 heavy (non-hydrogen) atoms. The molecule has 0 saturated carbocycles. The third kappa shape index (κ3) is 4.19. The maximum Gasteiger partial charge on any atom is 0.387 e. The van der Waals surface area contributed by atoms with Gasteiger partial charge in [-0.2, -0.15) is 14.0 Å². The predicted octanol–water partition coefficient (Wildman–Crippen LogP) is 2.49. The van der Waals surface area contributed by atoms with Crippen LogP contribution in [-0.2, 0) is 17.6 Å². The third-order valence-electron chi connectivity index (χ3n) is 2.16. The number of halogens is 2. The summed E-state index contributed by atoms with van der Waals surface area (Å²) in [5, 5.41) is 8.54. The first-order valence-electron chi connectivity index (χ1n) is 5.04. The van der Waals surface area contributed by atoms with Gasteiger partial charge in [-0.3, -0.25) is 0 Å². The van der Waals surface area contributed by atoms with Crippen molar-refractivity contribution in [1.29, 1.82) is 5.26 Å². The molecule has 0 amide bonds. The molecule has 0 aliphatic rings. The monoisotopic (exact) mass is 239 g/mol. The van der Waals surface area contributed by atoms with E-state index < -0.39 is 6.61 Å². The minimum Gasteiger partial charge on any atom is -0.435 e. The number of hydrogen-bond donors (Lipinski definition) is 0. The Kier molecular flexibility index (Phi) is 5.08. The van der Waals surface area contributed by atoms with E-state index in [1.165, 1.54) is 6.07 Å². The molecule has 0 N–H and O–H groups in total. The molecule has 1 aromatic carbocycles. The van der Waals surface area contributed by atoms with Crippen LogP contribution >= 0.6 is 0 Å². The molecule has 0 atom stereocenters. The number of carbonyl (C=O) groups is 1. The first-order chi connectivity index (χ1) is 8.17. The number of carbonyl (C=O) groups excluding carboxylic acids is 1. The Morgan fingerprint density at radius 2 is 2.24 bits per heavy atom. The highest BCUT2D eigenvalue weighted by Crippen LogP contribution is 2.23. The lowest BCUT2D eigenvalue weighted by molar-refractivity contribution is -0.107. The fraction of sp³-hybridized carbons (Fsp3) is 0.333.